The molecule has 1 aromatic carbocycles. The van der Waals surface area contributed by atoms with Crippen molar-refractivity contribution in [3.63, 3.8) is 0 Å². The molecule has 0 aliphatic rings. The van der Waals surface area contributed by atoms with Crippen LogP contribution >= 0.6 is 23.4 Å². The van der Waals surface area contributed by atoms with Gasteiger partial charge in [-0.3, -0.25) is 4.79 Å². The van der Waals surface area contributed by atoms with Crippen molar-refractivity contribution >= 4 is 29.3 Å². The van der Waals surface area contributed by atoms with Crippen LogP contribution in [0.25, 0.3) is 0 Å². The zero-order valence-corrected chi connectivity index (χ0v) is 12.7. The molecule has 1 unspecified atom stereocenters. The average molecular weight is 301 g/mol. The second-order valence-corrected chi connectivity index (χ2v) is 5.59. The van der Waals surface area contributed by atoms with Crippen molar-refractivity contribution in [2.24, 2.45) is 0 Å². The minimum Gasteiger partial charge on any atom is -0.488 e. The van der Waals surface area contributed by atoms with E-state index < -0.39 is 11.2 Å². The van der Waals surface area contributed by atoms with Gasteiger partial charge in [0.05, 0.1) is 5.02 Å². The number of allylic oxidation sites excluding steroid dienone is 1. The Kier molecular flexibility index (Phi) is 6.25. The van der Waals surface area contributed by atoms with Gasteiger partial charge in [0, 0.05) is 0 Å². The fourth-order valence-electron chi connectivity index (χ4n) is 1.47. The summed E-state index contributed by atoms with van der Waals surface area (Å²) in [6.45, 7) is 4.43. The molecule has 0 aliphatic carbocycles. The van der Waals surface area contributed by atoms with Gasteiger partial charge in [0.1, 0.15) is 17.6 Å². The second-order valence-electron chi connectivity index (χ2n) is 4.24. The Hall–Kier alpha value is -1.13. The van der Waals surface area contributed by atoms with Crippen molar-refractivity contribution in [3.8, 4) is 5.75 Å². The van der Waals surface area contributed by atoms with E-state index in [1.165, 1.54) is 17.3 Å². The summed E-state index contributed by atoms with van der Waals surface area (Å²) >= 11 is 7.36. The molecule has 1 atom stereocenters. The third-order valence-corrected chi connectivity index (χ3v) is 3.69. The zero-order valence-electron chi connectivity index (χ0n) is 11.1. The van der Waals surface area contributed by atoms with E-state index in [0.717, 1.165) is 0 Å². The van der Waals surface area contributed by atoms with Crippen LogP contribution < -0.4 is 4.74 Å². The molecule has 0 aliphatic heterocycles. The van der Waals surface area contributed by atoms with Crippen LogP contribution in [0.5, 0.6) is 5.75 Å². The predicted molar refractivity (Wildman–Crippen MR) is 80.3 cm³/mol. The van der Waals surface area contributed by atoms with Gasteiger partial charge in [-0.15, -0.1) is 11.8 Å². The highest BCUT2D eigenvalue weighted by molar-refractivity contribution is 7.99. The smallest absolute Gasteiger partial charge is 0.321 e. The summed E-state index contributed by atoms with van der Waals surface area (Å²) in [4.78, 5) is 11.1. The van der Waals surface area contributed by atoms with Crippen molar-refractivity contribution in [2.45, 2.75) is 19.1 Å². The van der Waals surface area contributed by atoms with Crippen molar-refractivity contribution in [3.05, 3.63) is 40.4 Å². The van der Waals surface area contributed by atoms with Crippen molar-refractivity contribution in [1.29, 1.82) is 0 Å². The highest BCUT2D eigenvalue weighted by atomic mass is 35.5. The summed E-state index contributed by atoms with van der Waals surface area (Å²) in [5.74, 6) is -0.310. The Morgan fingerprint density at radius 2 is 2.21 bits per heavy atom. The topological polar surface area (TPSA) is 46.5 Å². The summed E-state index contributed by atoms with van der Waals surface area (Å²) in [5, 5.41) is 8.91. The minimum atomic E-state index is -0.873. The molecule has 0 amide bonds. The molecule has 0 heterocycles. The quantitative estimate of drug-likeness (QED) is 0.801. The van der Waals surface area contributed by atoms with Crippen LogP contribution in [0.3, 0.4) is 0 Å². The van der Waals surface area contributed by atoms with E-state index in [0.29, 0.717) is 22.9 Å². The first-order valence-electron chi connectivity index (χ1n) is 5.77. The summed E-state index contributed by atoms with van der Waals surface area (Å²) in [6.07, 6.45) is 3.71. The number of hydrogen-bond acceptors (Lipinski definition) is 3. The number of ether oxygens (including phenoxy) is 1. The first kappa shape index (κ1) is 15.9. The molecule has 3 nitrogen and oxygen atoms in total. The van der Waals surface area contributed by atoms with Crippen LogP contribution in [0.1, 0.15) is 24.7 Å². The first-order chi connectivity index (χ1) is 8.95. The molecule has 0 saturated carbocycles. The van der Waals surface area contributed by atoms with E-state index in [9.17, 15) is 4.79 Å². The van der Waals surface area contributed by atoms with Crippen LogP contribution in [0, 0.1) is 0 Å². The number of carbonyl (C=O) groups is 1. The van der Waals surface area contributed by atoms with Gasteiger partial charge in [-0.1, -0.05) is 23.2 Å². The van der Waals surface area contributed by atoms with Crippen LogP contribution in [0.2, 0.25) is 5.02 Å². The molecule has 0 radical (unpaired) electrons. The van der Waals surface area contributed by atoms with E-state index in [1.807, 2.05) is 19.9 Å². The number of aliphatic carboxylic acids is 1. The number of hydrogen-bond donors (Lipinski definition) is 1. The highest BCUT2D eigenvalue weighted by Crippen LogP contribution is 2.33. The van der Waals surface area contributed by atoms with Gasteiger partial charge < -0.3 is 9.84 Å². The molecule has 0 saturated heterocycles. The number of benzene rings is 1. The van der Waals surface area contributed by atoms with Gasteiger partial charge in [-0.25, -0.2) is 0 Å². The molecule has 1 aromatic rings. The van der Waals surface area contributed by atoms with Crippen LogP contribution in [0.15, 0.2) is 29.8 Å². The van der Waals surface area contributed by atoms with Crippen molar-refractivity contribution < 1.29 is 14.6 Å². The third-order valence-electron chi connectivity index (χ3n) is 2.45. The Bertz CT molecular complexity index is 482. The number of thioether (sulfide) groups is 1. The molecule has 0 spiro atoms. The molecule has 5 heteroatoms. The molecule has 0 aromatic heterocycles. The molecule has 19 heavy (non-hydrogen) atoms. The first-order valence-corrected chi connectivity index (χ1v) is 7.43. The lowest BCUT2D eigenvalue weighted by Gasteiger charge is -2.12. The largest absolute Gasteiger partial charge is 0.488 e. The van der Waals surface area contributed by atoms with Crippen molar-refractivity contribution in [2.75, 3.05) is 12.9 Å². The molecular weight excluding hydrogens is 284 g/mol. The number of carboxylic acid groups (broad SMARTS) is 1. The number of carboxylic acids is 1. The second kappa shape index (κ2) is 7.46. The predicted octanol–water partition coefficient (Wildman–Crippen LogP) is 4.17. The van der Waals surface area contributed by atoms with E-state index in [1.54, 1.807) is 24.5 Å². The van der Waals surface area contributed by atoms with E-state index in [-0.39, 0.29) is 0 Å². The number of rotatable bonds is 6. The van der Waals surface area contributed by atoms with Crippen LogP contribution in [0.4, 0.5) is 0 Å². The fourth-order valence-corrected chi connectivity index (χ4v) is 2.34. The average Bonchev–Trinajstić information content (AvgIpc) is 2.32. The fraction of sp³-hybridized carbons (Fsp3) is 0.357. The maximum atomic E-state index is 11.1. The molecule has 0 bridgehead atoms. The molecule has 1 rings (SSSR count). The summed E-state index contributed by atoms with van der Waals surface area (Å²) in [7, 11) is 0. The molecule has 1 N–H and O–H groups in total. The standard InChI is InChI=1S/C14H17ClO3S/c1-9(2)6-7-18-12-5-4-10(8-11(12)15)13(19-3)14(16)17/h4-6,8,13H,7H2,1-3H3,(H,16,17). The van der Waals surface area contributed by atoms with Gasteiger partial charge in [0.25, 0.3) is 0 Å². The Balaban J connectivity index is 2.85. The molecule has 104 valence electrons. The third kappa shape index (κ3) is 4.80. The maximum absolute atomic E-state index is 11.1. The van der Waals surface area contributed by atoms with Gasteiger partial charge in [-0.05, 0) is 43.9 Å². The van der Waals surface area contributed by atoms with Gasteiger partial charge in [0.2, 0.25) is 0 Å². The summed E-state index contributed by atoms with van der Waals surface area (Å²) in [5.41, 5.74) is 1.83. The van der Waals surface area contributed by atoms with Crippen molar-refractivity contribution in [1.82, 2.24) is 0 Å². The van der Waals surface area contributed by atoms with Gasteiger partial charge in [-0.2, -0.15) is 0 Å². The normalized spacial score (nSPS) is 11.8. The number of halogens is 1. The van der Waals surface area contributed by atoms with E-state index in [2.05, 4.69) is 0 Å². The van der Waals surface area contributed by atoms with Crippen LogP contribution in [-0.2, 0) is 4.79 Å². The monoisotopic (exact) mass is 300 g/mol. The molecule has 0 fully saturated rings. The summed E-state index contributed by atoms with van der Waals surface area (Å²) < 4.78 is 5.51. The van der Waals surface area contributed by atoms with E-state index >= 15 is 0 Å². The lowest BCUT2D eigenvalue weighted by atomic mass is 10.1. The Labute approximate surface area is 122 Å². The highest BCUT2D eigenvalue weighted by Gasteiger charge is 2.19. The Morgan fingerprint density at radius 3 is 2.68 bits per heavy atom. The minimum absolute atomic E-state index is 0.431. The van der Waals surface area contributed by atoms with Crippen LogP contribution in [-0.4, -0.2) is 23.9 Å². The zero-order chi connectivity index (χ0) is 14.4. The van der Waals surface area contributed by atoms with Gasteiger partial charge in [0.15, 0.2) is 0 Å². The lowest BCUT2D eigenvalue weighted by molar-refractivity contribution is -0.136. The lowest BCUT2D eigenvalue weighted by Crippen LogP contribution is -2.07. The SMILES string of the molecule is CSC(C(=O)O)c1ccc(OCC=C(C)C)c(Cl)c1. The van der Waals surface area contributed by atoms with E-state index in [4.69, 9.17) is 21.4 Å². The maximum Gasteiger partial charge on any atom is 0.321 e. The summed E-state index contributed by atoms with van der Waals surface area (Å²) in [6, 6.07) is 5.09. The Morgan fingerprint density at radius 1 is 1.53 bits per heavy atom. The van der Waals surface area contributed by atoms with Gasteiger partial charge >= 0.3 is 5.97 Å². The molecular formula is C14H17ClO3S.